The second-order valence-electron chi connectivity index (χ2n) is 6.33. The number of aryl methyl sites for hydroxylation is 2. The number of ketones is 1. The molecular weight excluding hydrogens is 330 g/mol. The Kier molecular flexibility index (Phi) is 3.68. The van der Waals surface area contributed by atoms with Crippen LogP contribution in [0.3, 0.4) is 0 Å². The van der Waals surface area contributed by atoms with Gasteiger partial charge in [0.15, 0.2) is 0 Å². The number of hydrogen-bond donors (Lipinski definition) is 3. The zero-order valence-corrected chi connectivity index (χ0v) is 14.8. The highest BCUT2D eigenvalue weighted by Crippen LogP contribution is 2.32. The average molecular weight is 349 g/mol. The van der Waals surface area contributed by atoms with Crippen molar-refractivity contribution in [3.8, 4) is 0 Å². The Bertz CT molecular complexity index is 1150. The van der Waals surface area contributed by atoms with E-state index in [-0.39, 0.29) is 11.8 Å². The van der Waals surface area contributed by atoms with Gasteiger partial charge >= 0.3 is 5.97 Å². The number of rotatable bonds is 4. The van der Waals surface area contributed by atoms with Gasteiger partial charge < -0.3 is 19.7 Å². The van der Waals surface area contributed by atoms with Crippen LogP contribution in [0.15, 0.2) is 30.5 Å². The van der Waals surface area contributed by atoms with Crippen molar-refractivity contribution >= 4 is 33.6 Å². The lowest BCUT2D eigenvalue weighted by Gasteiger charge is -2.01. The molecule has 0 fully saturated rings. The summed E-state index contributed by atoms with van der Waals surface area (Å²) in [4.78, 5) is 34.0. The largest absolute Gasteiger partial charge is 0.461 e. The normalized spacial score (nSPS) is 11.3. The van der Waals surface area contributed by atoms with Gasteiger partial charge in [-0.25, -0.2) is 4.79 Å². The maximum Gasteiger partial charge on any atom is 0.355 e. The molecule has 0 aliphatic rings. The molecule has 0 saturated heterocycles. The van der Waals surface area contributed by atoms with E-state index >= 15 is 0 Å². The van der Waals surface area contributed by atoms with Crippen LogP contribution in [0, 0.1) is 13.8 Å². The number of benzene rings is 1. The first-order chi connectivity index (χ1) is 12.5. The highest BCUT2D eigenvalue weighted by atomic mass is 16.5. The average Bonchev–Trinajstić information content (AvgIpc) is 3.33. The van der Waals surface area contributed by atoms with Crippen LogP contribution >= 0.6 is 0 Å². The highest BCUT2D eigenvalue weighted by molar-refractivity contribution is 6.12. The summed E-state index contributed by atoms with van der Waals surface area (Å²) in [7, 11) is 0. The number of fused-ring (bicyclic) bond motifs is 2. The topological polar surface area (TPSA) is 90.7 Å². The summed E-state index contributed by atoms with van der Waals surface area (Å²) < 4.78 is 5.12. The van der Waals surface area contributed by atoms with E-state index in [0.29, 0.717) is 23.7 Å². The van der Waals surface area contributed by atoms with Crippen molar-refractivity contribution in [1.29, 1.82) is 0 Å². The number of nitrogens with one attached hydrogen (secondary N) is 3. The summed E-state index contributed by atoms with van der Waals surface area (Å²) >= 11 is 0. The fraction of sp³-hybridized carbons (Fsp3) is 0.200. The van der Waals surface area contributed by atoms with E-state index < -0.39 is 0 Å². The van der Waals surface area contributed by atoms with Gasteiger partial charge in [0.25, 0.3) is 0 Å². The molecule has 0 aliphatic heterocycles. The SMILES string of the molecule is CCOC(=O)c1[nH]c2cc3[nH]c(C(=O)c4ccc[nH]4)cc3c(C)c2c1C. The molecule has 3 aromatic heterocycles. The maximum atomic E-state index is 12.6. The van der Waals surface area contributed by atoms with E-state index in [9.17, 15) is 9.59 Å². The molecule has 1 aromatic carbocycles. The Morgan fingerprint density at radius 3 is 2.54 bits per heavy atom. The number of carbonyl (C=O) groups excluding carboxylic acids is 2. The number of ether oxygens (including phenoxy) is 1. The van der Waals surface area contributed by atoms with Gasteiger partial charge in [-0.05, 0) is 56.2 Å². The molecule has 0 saturated carbocycles. The molecule has 0 aliphatic carbocycles. The van der Waals surface area contributed by atoms with Crippen molar-refractivity contribution in [2.24, 2.45) is 0 Å². The monoisotopic (exact) mass is 349 g/mol. The second-order valence-corrected chi connectivity index (χ2v) is 6.33. The van der Waals surface area contributed by atoms with Crippen molar-refractivity contribution in [1.82, 2.24) is 15.0 Å². The number of carbonyl (C=O) groups is 2. The molecule has 26 heavy (non-hydrogen) atoms. The Balaban J connectivity index is 1.88. The van der Waals surface area contributed by atoms with Crippen LogP contribution in [0.1, 0.15) is 44.7 Å². The van der Waals surface area contributed by atoms with E-state index in [1.54, 1.807) is 25.3 Å². The quantitative estimate of drug-likeness (QED) is 0.384. The molecule has 0 amide bonds. The Hall–Kier alpha value is -3.28. The first-order valence-corrected chi connectivity index (χ1v) is 8.51. The Labute approximate surface area is 149 Å². The van der Waals surface area contributed by atoms with Gasteiger partial charge in [-0.2, -0.15) is 0 Å². The van der Waals surface area contributed by atoms with Gasteiger partial charge in [-0.3, -0.25) is 4.79 Å². The van der Waals surface area contributed by atoms with E-state index in [1.807, 2.05) is 26.0 Å². The Morgan fingerprint density at radius 2 is 1.85 bits per heavy atom. The van der Waals surface area contributed by atoms with Crippen molar-refractivity contribution < 1.29 is 14.3 Å². The number of hydrogen-bond acceptors (Lipinski definition) is 3. The van der Waals surface area contributed by atoms with Gasteiger partial charge in [-0.15, -0.1) is 0 Å². The van der Waals surface area contributed by atoms with Gasteiger partial charge in [0, 0.05) is 28.0 Å². The first kappa shape index (κ1) is 16.2. The zero-order chi connectivity index (χ0) is 18.4. The van der Waals surface area contributed by atoms with E-state index in [4.69, 9.17) is 4.74 Å². The Morgan fingerprint density at radius 1 is 1.04 bits per heavy atom. The number of esters is 1. The van der Waals surface area contributed by atoms with Crippen LogP contribution in [0.5, 0.6) is 0 Å². The molecule has 6 heteroatoms. The van der Waals surface area contributed by atoms with Crippen molar-refractivity contribution in [3.05, 3.63) is 58.7 Å². The third-order valence-corrected chi connectivity index (χ3v) is 4.76. The van der Waals surface area contributed by atoms with E-state index in [2.05, 4.69) is 15.0 Å². The summed E-state index contributed by atoms with van der Waals surface area (Å²) in [5.74, 6) is -0.440. The lowest BCUT2D eigenvalue weighted by atomic mass is 10.0. The summed E-state index contributed by atoms with van der Waals surface area (Å²) in [5.41, 5.74) is 5.11. The molecule has 0 radical (unpaired) electrons. The minimum atomic E-state index is -0.355. The van der Waals surface area contributed by atoms with Crippen molar-refractivity contribution in [2.45, 2.75) is 20.8 Å². The minimum Gasteiger partial charge on any atom is -0.461 e. The van der Waals surface area contributed by atoms with Gasteiger partial charge in [0.05, 0.1) is 18.0 Å². The summed E-state index contributed by atoms with van der Waals surface area (Å²) in [6.07, 6.45) is 1.73. The third-order valence-electron chi connectivity index (χ3n) is 4.76. The molecule has 3 heterocycles. The van der Waals surface area contributed by atoms with Crippen LogP contribution < -0.4 is 0 Å². The van der Waals surface area contributed by atoms with E-state index in [1.165, 1.54) is 0 Å². The van der Waals surface area contributed by atoms with Crippen LogP contribution in [0.4, 0.5) is 0 Å². The number of aromatic nitrogens is 3. The lowest BCUT2D eigenvalue weighted by molar-refractivity contribution is 0.0519. The summed E-state index contributed by atoms with van der Waals surface area (Å²) in [6.45, 7) is 6.02. The predicted molar refractivity (Wildman–Crippen MR) is 99.8 cm³/mol. The van der Waals surface area contributed by atoms with Crippen LogP contribution in [0.2, 0.25) is 0 Å². The smallest absolute Gasteiger partial charge is 0.355 e. The molecular formula is C20H19N3O3. The summed E-state index contributed by atoms with van der Waals surface area (Å²) in [5, 5.41) is 1.95. The van der Waals surface area contributed by atoms with Gasteiger partial charge in [0.2, 0.25) is 5.78 Å². The maximum absolute atomic E-state index is 12.6. The van der Waals surface area contributed by atoms with Crippen molar-refractivity contribution in [2.75, 3.05) is 6.61 Å². The van der Waals surface area contributed by atoms with Crippen LogP contribution in [-0.2, 0) is 4.74 Å². The zero-order valence-electron chi connectivity index (χ0n) is 14.8. The summed E-state index contributed by atoms with van der Waals surface area (Å²) in [6, 6.07) is 7.34. The van der Waals surface area contributed by atoms with E-state index in [0.717, 1.165) is 32.9 Å². The highest BCUT2D eigenvalue weighted by Gasteiger charge is 2.20. The fourth-order valence-corrected chi connectivity index (χ4v) is 3.53. The lowest BCUT2D eigenvalue weighted by Crippen LogP contribution is -2.06. The molecule has 4 rings (SSSR count). The molecule has 4 aromatic rings. The fourth-order valence-electron chi connectivity index (χ4n) is 3.53. The first-order valence-electron chi connectivity index (χ1n) is 8.51. The second kappa shape index (κ2) is 5.91. The molecule has 0 bridgehead atoms. The number of aromatic amines is 3. The molecule has 132 valence electrons. The molecule has 0 spiro atoms. The van der Waals surface area contributed by atoms with Crippen LogP contribution in [0.25, 0.3) is 21.8 Å². The third kappa shape index (κ3) is 2.34. The molecule has 0 atom stereocenters. The molecule has 3 N–H and O–H groups in total. The standard InChI is InChI=1S/C20H19N3O3/c1-4-26-20(25)18-11(3)17-10(2)12-8-16(19(24)13-6-5-7-21-13)22-14(12)9-15(17)23-18/h5-9,21-23H,4H2,1-3H3. The number of H-pyrrole nitrogens is 3. The van der Waals surface area contributed by atoms with Gasteiger partial charge in [-0.1, -0.05) is 0 Å². The van der Waals surface area contributed by atoms with Gasteiger partial charge in [0.1, 0.15) is 5.69 Å². The molecule has 6 nitrogen and oxygen atoms in total. The van der Waals surface area contributed by atoms with Crippen LogP contribution in [-0.4, -0.2) is 33.3 Å². The predicted octanol–water partition coefficient (Wildman–Crippen LogP) is 4.00. The molecule has 0 unspecified atom stereocenters. The minimum absolute atomic E-state index is 0.0850. The van der Waals surface area contributed by atoms with Crippen molar-refractivity contribution in [3.63, 3.8) is 0 Å².